The minimum absolute atomic E-state index is 0.545. The van der Waals surface area contributed by atoms with Crippen LogP contribution in [0.15, 0.2) is 49.1 Å². The first kappa shape index (κ1) is 11.9. The minimum atomic E-state index is -0.567. The molecule has 4 heteroatoms. The van der Waals surface area contributed by atoms with Gasteiger partial charge in [0, 0.05) is 43.0 Å². The van der Waals surface area contributed by atoms with E-state index in [9.17, 15) is 5.11 Å². The molecular weight excluding hydrogens is 238 g/mol. The van der Waals surface area contributed by atoms with Gasteiger partial charge in [0.2, 0.25) is 0 Å². The molecule has 3 rings (SSSR count). The van der Waals surface area contributed by atoms with Crippen LogP contribution in [0.4, 0.5) is 0 Å². The van der Waals surface area contributed by atoms with Crippen LogP contribution in [-0.4, -0.2) is 19.9 Å². The number of aliphatic hydroxyl groups excluding tert-OH is 1. The Morgan fingerprint density at radius 3 is 2.84 bits per heavy atom. The summed E-state index contributed by atoms with van der Waals surface area (Å²) < 4.78 is 1.74. The fourth-order valence-electron chi connectivity index (χ4n) is 2.32. The number of rotatable bonds is 3. The number of aliphatic hydroxyl groups is 1. The first-order valence-electron chi connectivity index (χ1n) is 6.22. The Labute approximate surface area is 111 Å². The molecule has 0 aliphatic heterocycles. The Balaban J connectivity index is 1.95. The van der Waals surface area contributed by atoms with E-state index in [0.29, 0.717) is 6.42 Å². The lowest BCUT2D eigenvalue weighted by Crippen LogP contribution is -2.02. The molecule has 0 amide bonds. The van der Waals surface area contributed by atoms with Gasteiger partial charge in [-0.15, -0.1) is 0 Å². The SMILES string of the molecule is Cn1cc(CC(O)c2cncc3ccccc23)cn1. The molecule has 0 aliphatic rings. The number of pyridine rings is 1. The zero-order valence-corrected chi connectivity index (χ0v) is 10.7. The molecule has 1 unspecified atom stereocenters. The lowest BCUT2D eigenvalue weighted by Gasteiger charge is -2.12. The Kier molecular flexibility index (Phi) is 3.01. The van der Waals surface area contributed by atoms with E-state index in [1.165, 1.54) is 0 Å². The van der Waals surface area contributed by atoms with Gasteiger partial charge in [0.05, 0.1) is 12.3 Å². The molecule has 0 saturated carbocycles. The summed E-state index contributed by atoms with van der Waals surface area (Å²) >= 11 is 0. The van der Waals surface area contributed by atoms with Crippen molar-refractivity contribution in [1.82, 2.24) is 14.8 Å². The Hall–Kier alpha value is -2.20. The number of aryl methyl sites for hydroxylation is 1. The van der Waals surface area contributed by atoms with Gasteiger partial charge in [-0.1, -0.05) is 24.3 Å². The smallest absolute Gasteiger partial charge is 0.0852 e. The number of aromatic nitrogens is 3. The van der Waals surface area contributed by atoms with Crippen LogP contribution in [0.1, 0.15) is 17.2 Å². The first-order chi connectivity index (χ1) is 9.24. The lowest BCUT2D eigenvalue weighted by molar-refractivity contribution is 0.179. The van der Waals surface area contributed by atoms with E-state index in [1.807, 2.05) is 43.7 Å². The summed E-state index contributed by atoms with van der Waals surface area (Å²) in [5, 5.41) is 16.6. The van der Waals surface area contributed by atoms with Crippen LogP contribution < -0.4 is 0 Å². The Bertz CT molecular complexity index is 700. The standard InChI is InChI=1S/C15H15N3O/c1-18-10-11(7-17-18)6-15(19)14-9-16-8-12-4-2-3-5-13(12)14/h2-5,7-10,15,19H,6H2,1H3. The van der Waals surface area contributed by atoms with Crippen molar-refractivity contribution in [1.29, 1.82) is 0 Å². The second-order valence-electron chi connectivity index (χ2n) is 4.69. The fraction of sp³-hybridized carbons (Fsp3) is 0.200. The highest BCUT2D eigenvalue weighted by Gasteiger charge is 2.13. The van der Waals surface area contributed by atoms with E-state index in [1.54, 1.807) is 17.1 Å². The molecule has 0 radical (unpaired) electrons. The van der Waals surface area contributed by atoms with Crippen molar-refractivity contribution in [2.24, 2.45) is 7.05 Å². The van der Waals surface area contributed by atoms with Crippen molar-refractivity contribution < 1.29 is 5.11 Å². The monoisotopic (exact) mass is 253 g/mol. The maximum absolute atomic E-state index is 10.4. The van der Waals surface area contributed by atoms with E-state index in [0.717, 1.165) is 21.9 Å². The summed E-state index contributed by atoms with van der Waals surface area (Å²) in [7, 11) is 1.87. The summed E-state index contributed by atoms with van der Waals surface area (Å²) in [5.74, 6) is 0. The molecule has 2 aromatic heterocycles. The van der Waals surface area contributed by atoms with Gasteiger partial charge in [0.25, 0.3) is 0 Å². The van der Waals surface area contributed by atoms with Gasteiger partial charge in [0.1, 0.15) is 0 Å². The second kappa shape index (κ2) is 4.82. The largest absolute Gasteiger partial charge is 0.388 e. The molecule has 0 saturated heterocycles. The summed E-state index contributed by atoms with van der Waals surface area (Å²) in [6.45, 7) is 0. The van der Waals surface area contributed by atoms with E-state index >= 15 is 0 Å². The zero-order valence-electron chi connectivity index (χ0n) is 10.7. The van der Waals surface area contributed by atoms with E-state index in [4.69, 9.17) is 0 Å². The normalized spacial score (nSPS) is 12.7. The highest BCUT2D eigenvalue weighted by atomic mass is 16.3. The molecule has 19 heavy (non-hydrogen) atoms. The summed E-state index contributed by atoms with van der Waals surface area (Å²) in [6, 6.07) is 7.96. The van der Waals surface area contributed by atoms with Crippen LogP contribution in [0.2, 0.25) is 0 Å². The maximum Gasteiger partial charge on any atom is 0.0852 e. The number of nitrogens with zero attached hydrogens (tertiary/aromatic N) is 3. The molecule has 3 aromatic rings. The average molecular weight is 253 g/mol. The first-order valence-corrected chi connectivity index (χ1v) is 6.22. The van der Waals surface area contributed by atoms with Crippen molar-refractivity contribution in [3.05, 3.63) is 60.2 Å². The van der Waals surface area contributed by atoms with Crippen LogP contribution >= 0.6 is 0 Å². The van der Waals surface area contributed by atoms with Crippen LogP contribution in [-0.2, 0) is 13.5 Å². The van der Waals surface area contributed by atoms with Crippen LogP contribution in [0.25, 0.3) is 10.8 Å². The summed E-state index contributed by atoms with van der Waals surface area (Å²) in [4.78, 5) is 4.20. The predicted octanol–water partition coefficient (Wildman–Crippen LogP) is 2.24. The molecule has 1 N–H and O–H groups in total. The Morgan fingerprint density at radius 2 is 2.05 bits per heavy atom. The zero-order chi connectivity index (χ0) is 13.2. The number of hydrogen-bond acceptors (Lipinski definition) is 3. The van der Waals surface area contributed by atoms with E-state index in [-0.39, 0.29) is 0 Å². The van der Waals surface area contributed by atoms with Gasteiger partial charge >= 0.3 is 0 Å². The van der Waals surface area contributed by atoms with E-state index in [2.05, 4.69) is 10.1 Å². The number of benzene rings is 1. The molecular formula is C15H15N3O. The topological polar surface area (TPSA) is 50.9 Å². The van der Waals surface area contributed by atoms with Crippen LogP contribution in [0.3, 0.4) is 0 Å². The minimum Gasteiger partial charge on any atom is -0.388 e. The van der Waals surface area contributed by atoms with Crippen molar-refractivity contribution in [3.8, 4) is 0 Å². The fourth-order valence-corrected chi connectivity index (χ4v) is 2.32. The summed E-state index contributed by atoms with van der Waals surface area (Å²) in [6.07, 6.45) is 7.23. The molecule has 0 bridgehead atoms. The molecule has 0 spiro atoms. The molecule has 0 fully saturated rings. The van der Waals surface area contributed by atoms with Gasteiger partial charge in [-0.05, 0) is 10.9 Å². The van der Waals surface area contributed by atoms with E-state index < -0.39 is 6.10 Å². The van der Waals surface area contributed by atoms with Gasteiger partial charge in [-0.2, -0.15) is 5.10 Å². The summed E-state index contributed by atoms with van der Waals surface area (Å²) in [5.41, 5.74) is 1.88. The third-order valence-corrected chi connectivity index (χ3v) is 3.25. The Morgan fingerprint density at radius 1 is 1.21 bits per heavy atom. The third-order valence-electron chi connectivity index (χ3n) is 3.25. The highest BCUT2D eigenvalue weighted by molar-refractivity contribution is 5.84. The highest BCUT2D eigenvalue weighted by Crippen LogP contribution is 2.25. The van der Waals surface area contributed by atoms with Gasteiger partial charge in [0.15, 0.2) is 0 Å². The second-order valence-corrected chi connectivity index (χ2v) is 4.69. The van der Waals surface area contributed by atoms with Crippen molar-refractivity contribution >= 4 is 10.8 Å². The quantitative estimate of drug-likeness (QED) is 0.779. The molecule has 0 aliphatic carbocycles. The molecule has 96 valence electrons. The lowest BCUT2D eigenvalue weighted by atomic mass is 10.00. The van der Waals surface area contributed by atoms with Gasteiger partial charge in [-0.3, -0.25) is 9.67 Å². The van der Waals surface area contributed by atoms with Crippen LogP contribution in [0, 0.1) is 0 Å². The molecule has 4 nitrogen and oxygen atoms in total. The average Bonchev–Trinajstić information content (AvgIpc) is 2.83. The predicted molar refractivity (Wildman–Crippen MR) is 73.6 cm³/mol. The van der Waals surface area contributed by atoms with Crippen molar-refractivity contribution in [2.75, 3.05) is 0 Å². The maximum atomic E-state index is 10.4. The van der Waals surface area contributed by atoms with Crippen molar-refractivity contribution in [3.63, 3.8) is 0 Å². The number of hydrogen-bond donors (Lipinski definition) is 1. The van der Waals surface area contributed by atoms with Gasteiger partial charge < -0.3 is 5.11 Å². The van der Waals surface area contributed by atoms with Gasteiger partial charge in [-0.25, -0.2) is 0 Å². The van der Waals surface area contributed by atoms with Crippen molar-refractivity contribution in [2.45, 2.75) is 12.5 Å². The number of fused-ring (bicyclic) bond motifs is 1. The molecule has 1 atom stereocenters. The molecule has 1 aromatic carbocycles. The molecule has 2 heterocycles. The van der Waals surface area contributed by atoms with Crippen LogP contribution in [0.5, 0.6) is 0 Å². The third kappa shape index (κ3) is 2.35.